The molecule has 6 heteroatoms. The van der Waals surface area contributed by atoms with E-state index in [9.17, 15) is 19.8 Å². The zero-order valence-electron chi connectivity index (χ0n) is 44.0. The molecule has 0 aromatic rings. The van der Waals surface area contributed by atoms with Gasteiger partial charge in [0.2, 0.25) is 5.91 Å². The molecular weight excluding hydrogens is 803 g/mol. The van der Waals surface area contributed by atoms with Crippen LogP contribution in [0.4, 0.5) is 0 Å². The van der Waals surface area contributed by atoms with Crippen molar-refractivity contribution in [3.8, 4) is 0 Å². The number of esters is 1. The number of hydrogen-bond donors (Lipinski definition) is 3. The van der Waals surface area contributed by atoms with Crippen molar-refractivity contribution in [2.45, 2.75) is 341 Å². The number of ether oxygens (including phenoxy) is 1. The Balaban J connectivity index is 3.46. The van der Waals surface area contributed by atoms with Crippen molar-refractivity contribution < 1.29 is 24.5 Å². The molecule has 0 aromatic heterocycles. The average Bonchev–Trinajstić information content (AvgIpc) is 3.31. The van der Waals surface area contributed by atoms with Gasteiger partial charge < -0.3 is 20.3 Å². The highest BCUT2D eigenvalue weighted by Gasteiger charge is 2.18. The van der Waals surface area contributed by atoms with E-state index in [2.05, 4.69) is 19.2 Å². The molecule has 3 N–H and O–H groups in total. The molecule has 0 aliphatic rings. The molecule has 0 saturated carbocycles. The zero-order chi connectivity index (χ0) is 47.2. The van der Waals surface area contributed by atoms with Gasteiger partial charge in [-0.25, -0.2) is 0 Å². The number of rotatable bonds is 55. The average molecular weight is 919 g/mol. The summed E-state index contributed by atoms with van der Waals surface area (Å²) in [6.07, 6.45) is 65.1. The van der Waals surface area contributed by atoms with Crippen LogP contribution >= 0.6 is 0 Å². The standard InChI is InChI=1S/C59H115NO5/c1-3-5-7-9-11-13-15-17-19-21-23-25-27-31-35-39-43-47-51-57(62)56(55-61)60-58(63)52-48-44-40-36-32-29-30-34-38-42-46-50-54-65-59(64)53-49-45-41-37-33-28-26-24-22-20-18-16-14-12-10-8-6-4-2/h47,51,56-57,61-62H,3-46,48-50,52-55H2,1-2H3,(H,60,63)/b51-47+. The lowest BCUT2D eigenvalue weighted by Gasteiger charge is -2.20. The molecule has 2 unspecified atom stereocenters. The van der Waals surface area contributed by atoms with Crippen LogP contribution in [0.2, 0.25) is 0 Å². The number of nitrogens with one attached hydrogen (secondary N) is 1. The molecule has 0 aliphatic carbocycles. The molecule has 0 rings (SSSR count). The quantitative estimate of drug-likeness (QED) is 0.0321. The molecule has 386 valence electrons. The fourth-order valence-corrected chi connectivity index (χ4v) is 9.28. The number of allylic oxidation sites excluding steroid dienone is 1. The lowest BCUT2D eigenvalue weighted by Crippen LogP contribution is -2.45. The summed E-state index contributed by atoms with van der Waals surface area (Å²) in [7, 11) is 0. The van der Waals surface area contributed by atoms with E-state index in [4.69, 9.17) is 4.74 Å². The van der Waals surface area contributed by atoms with Crippen molar-refractivity contribution in [3.05, 3.63) is 12.2 Å². The zero-order valence-corrected chi connectivity index (χ0v) is 44.0. The Morgan fingerprint density at radius 2 is 0.708 bits per heavy atom. The van der Waals surface area contributed by atoms with Gasteiger partial charge in [0.25, 0.3) is 0 Å². The Morgan fingerprint density at radius 3 is 1.05 bits per heavy atom. The highest BCUT2D eigenvalue weighted by Crippen LogP contribution is 2.17. The first-order valence-electron chi connectivity index (χ1n) is 29.5. The van der Waals surface area contributed by atoms with Crippen LogP contribution in [0.5, 0.6) is 0 Å². The van der Waals surface area contributed by atoms with Gasteiger partial charge in [-0.1, -0.05) is 296 Å². The van der Waals surface area contributed by atoms with Crippen LogP contribution in [0.3, 0.4) is 0 Å². The van der Waals surface area contributed by atoms with Crippen LogP contribution in [0.25, 0.3) is 0 Å². The Morgan fingerprint density at radius 1 is 0.415 bits per heavy atom. The van der Waals surface area contributed by atoms with E-state index in [0.717, 1.165) is 57.8 Å². The lowest BCUT2D eigenvalue weighted by molar-refractivity contribution is -0.143. The first-order chi connectivity index (χ1) is 32.0. The van der Waals surface area contributed by atoms with Crippen molar-refractivity contribution in [1.82, 2.24) is 5.32 Å². The number of aliphatic hydroxyl groups excluding tert-OH is 2. The molecule has 2 atom stereocenters. The van der Waals surface area contributed by atoms with E-state index in [-0.39, 0.29) is 18.5 Å². The lowest BCUT2D eigenvalue weighted by atomic mass is 10.0. The van der Waals surface area contributed by atoms with Crippen molar-refractivity contribution in [3.63, 3.8) is 0 Å². The summed E-state index contributed by atoms with van der Waals surface area (Å²) in [5.74, 6) is -0.0859. The number of amides is 1. The summed E-state index contributed by atoms with van der Waals surface area (Å²) in [5.41, 5.74) is 0. The summed E-state index contributed by atoms with van der Waals surface area (Å²) >= 11 is 0. The van der Waals surface area contributed by atoms with Crippen molar-refractivity contribution in [1.29, 1.82) is 0 Å². The Bertz CT molecular complexity index is 970. The minimum absolute atomic E-state index is 0.00565. The van der Waals surface area contributed by atoms with Crippen LogP contribution in [0, 0.1) is 0 Å². The third kappa shape index (κ3) is 51.8. The summed E-state index contributed by atoms with van der Waals surface area (Å²) in [6.45, 7) is 4.90. The Kier molecular flexibility index (Phi) is 54.0. The molecule has 0 radical (unpaired) electrons. The summed E-state index contributed by atoms with van der Waals surface area (Å²) in [5, 5.41) is 23.1. The number of aliphatic hydroxyl groups is 2. The van der Waals surface area contributed by atoms with Crippen LogP contribution in [0.15, 0.2) is 12.2 Å². The van der Waals surface area contributed by atoms with Gasteiger partial charge in [-0.15, -0.1) is 0 Å². The molecule has 0 saturated heterocycles. The minimum atomic E-state index is -0.854. The highest BCUT2D eigenvalue weighted by atomic mass is 16.5. The summed E-state index contributed by atoms with van der Waals surface area (Å²) in [4.78, 5) is 24.6. The second-order valence-corrected chi connectivity index (χ2v) is 20.3. The molecule has 65 heavy (non-hydrogen) atoms. The van der Waals surface area contributed by atoms with Gasteiger partial charge >= 0.3 is 5.97 Å². The highest BCUT2D eigenvalue weighted by molar-refractivity contribution is 5.76. The van der Waals surface area contributed by atoms with E-state index in [1.165, 1.54) is 244 Å². The van der Waals surface area contributed by atoms with Crippen molar-refractivity contribution in [2.24, 2.45) is 0 Å². The summed E-state index contributed by atoms with van der Waals surface area (Å²) < 4.78 is 5.48. The van der Waals surface area contributed by atoms with Crippen molar-refractivity contribution in [2.75, 3.05) is 13.2 Å². The second kappa shape index (κ2) is 55.2. The molecule has 0 spiro atoms. The smallest absolute Gasteiger partial charge is 0.305 e. The van der Waals surface area contributed by atoms with Gasteiger partial charge in [0.1, 0.15) is 0 Å². The number of hydrogen-bond acceptors (Lipinski definition) is 5. The fourth-order valence-electron chi connectivity index (χ4n) is 9.28. The molecule has 0 bridgehead atoms. The maximum absolute atomic E-state index is 12.5. The van der Waals surface area contributed by atoms with Gasteiger partial charge in [-0.2, -0.15) is 0 Å². The summed E-state index contributed by atoms with van der Waals surface area (Å²) in [6, 6.07) is -0.639. The first kappa shape index (κ1) is 63.6. The van der Waals surface area contributed by atoms with E-state index in [1.807, 2.05) is 6.08 Å². The van der Waals surface area contributed by atoms with Crippen LogP contribution in [-0.2, 0) is 14.3 Å². The third-order valence-electron chi connectivity index (χ3n) is 13.8. The number of carbonyl (C=O) groups is 2. The maximum Gasteiger partial charge on any atom is 0.305 e. The van der Waals surface area contributed by atoms with E-state index in [0.29, 0.717) is 19.4 Å². The molecule has 1 amide bonds. The Hall–Kier alpha value is -1.40. The molecule has 6 nitrogen and oxygen atoms in total. The topological polar surface area (TPSA) is 95.9 Å². The van der Waals surface area contributed by atoms with Gasteiger partial charge in [0.15, 0.2) is 0 Å². The monoisotopic (exact) mass is 918 g/mol. The van der Waals surface area contributed by atoms with Crippen LogP contribution in [-0.4, -0.2) is 47.4 Å². The molecular formula is C59H115NO5. The van der Waals surface area contributed by atoms with Gasteiger partial charge in [-0.05, 0) is 32.1 Å². The van der Waals surface area contributed by atoms with Gasteiger partial charge in [0.05, 0.1) is 25.4 Å². The van der Waals surface area contributed by atoms with E-state index >= 15 is 0 Å². The number of unbranched alkanes of at least 4 members (excludes halogenated alkanes) is 44. The largest absolute Gasteiger partial charge is 0.466 e. The third-order valence-corrected chi connectivity index (χ3v) is 13.8. The molecule has 0 aromatic carbocycles. The van der Waals surface area contributed by atoms with Crippen LogP contribution < -0.4 is 5.32 Å². The first-order valence-corrected chi connectivity index (χ1v) is 29.5. The molecule has 0 heterocycles. The number of carbonyl (C=O) groups excluding carboxylic acids is 2. The Labute approximate surface area is 406 Å². The minimum Gasteiger partial charge on any atom is -0.466 e. The van der Waals surface area contributed by atoms with E-state index in [1.54, 1.807) is 6.08 Å². The second-order valence-electron chi connectivity index (χ2n) is 20.3. The van der Waals surface area contributed by atoms with Crippen LogP contribution in [0.1, 0.15) is 328 Å². The molecule has 0 aliphatic heterocycles. The van der Waals surface area contributed by atoms with Gasteiger partial charge in [-0.3, -0.25) is 9.59 Å². The normalized spacial score (nSPS) is 12.6. The molecule has 0 fully saturated rings. The van der Waals surface area contributed by atoms with Crippen molar-refractivity contribution >= 4 is 11.9 Å². The van der Waals surface area contributed by atoms with Gasteiger partial charge in [0, 0.05) is 12.8 Å². The van der Waals surface area contributed by atoms with E-state index < -0.39 is 12.1 Å². The SMILES string of the molecule is CCCCCCCCCCCCCCCCCC/C=C/C(O)C(CO)NC(=O)CCCCCCCCCCCCCCOC(=O)CCCCCCCCCCCCCCCCCCCC. The maximum atomic E-state index is 12.5. The predicted molar refractivity (Wildman–Crippen MR) is 283 cm³/mol. The predicted octanol–water partition coefficient (Wildman–Crippen LogP) is 18.1. The fraction of sp³-hybridized carbons (Fsp3) is 0.932.